The summed E-state index contributed by atoms with van der Waals surface area (Å²) in [6.07, 6.45) is -0.579. The topological polar surface area (TPSA) is 74.3 Å². The quantitative estimate of drug-likeness (QED) is 0.776. The zero-order valence-electron chi connectivity index (χ0n) is 15.1. The van der Waals surface area contributed by atoms with Gasteiger partial charge in [-0.2, -0.15) is 0 Å². The molecule has 2 rings (SSSR count). The van der Waals surface area contributed by atoms with E-state index in [9.17, 15) is 9.59 Å². The normalized spacial score (nSPS) is 17.8. The lowest BCUT2D eigenvalue weighted by molar-refractivity contribution is -0.0557. The Kier molecular flexibility index (Phi) is 6.25. The molecule has 1 saturated heterocycles. The molecule has 1 aliphatic heterocycles. The van der Waals surface area contributed by atoms with Gasteiger partial charge in [-0.3, -0.25) is 0 Å². The Morgan fingerprint density at radius 1 is 1.24 bits per heavy atom. The third-order valence-corrected chi connectivity index (χ3v) is 3.50. The molecular weight excluding hydrogens is 326 g/mol. The fourth-order valence-corrected chi connectivity index (χ4v) is 2.31. The highest BCUT2D eigenvalue weighted by Crippen LogP contribution is 2.16. The molecule has 1 fully saturated rings. The van der Waals surface area contributed by atoms with Gasteiger partial charge in [0.25, 0.3) is 0 Å². The molecule has 1 aromatic rings. The van der Waals surface area contributed by atoms with Crippen molar-refractivity contribution in [1.29, 1.82) is 0 Å². The average molecular weight is 351 g/mol. The van der Waals surface area contributed by atoms with E-state index in [0.29, 0.717) is 37.6 Å². The van der Waals surface area contributed by atoms with Gasteiger partial charge in [0.15, 0.2) is 0 Å². The Morgan fingerprint density at radius 3 is 2.52 bits per heavy atom. The fraction of sp³-hybridized carbons (Fsp3) is 0.556. The van der Waals surface area contributed by atoms with E-state index in [0.717, 1.165) is 0 Å². The third kappa shape index (κ3) is 5.94. The summed E-state index contributed by atoms with van der Waals surface area (Å²) in [7, 11) is 1.34. The number of hydrogen-bond donors (Lipinski definition) is 0. The number of esters is 1. The van der Waals surface area contributed by atoms with Gasteiger partial charge in [-0.15, -0.1) is 0 Å². The lowest BCUT2D eigenvalue weighted by Gasteiger charge is -2.34. The number of carbonyl (C=O) groups excluding carboxylic acids is 2. The maximum Gasteiger partial charge on any atom is 0.410 e. The predicted octanol–water partition coefficient (Wildman–Crippen LogP) is 2.49. The predicted molar refractivity (Wildman–Crippen MR) is 90.8 cm³/mol. The van der Waals surface area contributed by atoms with Crippen molar-refractivity contribution in [3.05, 3.63) is 29.8 Å². The fourth-order valence-electron chi connectivity index (χ4n) is 2.31. The van der Waals surface area contributed by atoms with Gasteiger partial charge in [0.2, 0.25) is 0 Å². The number of methoxy groups -OCH3 is 1. The molecule has 25 heavy (non-hydrogen) atoms. The molecule has 0 aliphatic carbocycles. The maximum absolute atomic E-state index is 12.1. The molecule has 0 N–H and O–H groups in total. The van der Waals surface area contributed by atoms with Crippen LogP contribution in [0.25, 0.3) is 0 Å². The number of morpholine rings is 1. The van der Waals surface area contributed by atoms with E-state index in [1.165, 1.54) is 7.11 Å². The molecule has 7 nitrogen and oxygen atoms in total. The molecule has 0 bridgehead atoms. The van der Waals surface area contributed by atoms with Gasteiger partial charge in [-0.05, 0) is 45.0 Å². The van der Waals surface area contributed by atoms with Gasteiger partial charge in [0.05, 0.1) is 25.8 Å². The highest BCUT2D eigenvalue weighted by Gasteiger charge is 2.28. The van der Waals surface area contributed by atoms with Crippen LogP contribution in [0.1, 0.15) is 31.1 Å². The highest BCUT2D eigenvalue weighted by atomic mass is 16.6. The molecule has 0 saturated carbocycles. The van der Waals surface area contributed by atoms with Crippen molar-refractivity contribution in [1.82, 2.24) is 4.90 Å². The molecule has 0 unspecified atom stereocenters. The van der Waals surface area contributed by atoms with Gasteiger partial charge in [-0.1, -0.05) is 0 Å². The molecule has 1 aliphatic rings. The van der Waals surface area contributed by atoms with E-state index in [-0.39, 0.29) is 12.2 Å². The second kappa shape index (κ2) is 8.20. The zero-order chi connectivity index (χ0) is 18.4. The summed E-state index contributed by atoms with van der Waals surface area (Å²) in [5.74, 6) is 0.223. The van der Waals surface area contributed by atoms with E-state index < -0.39 is 11.6 Å². The van der Waals surface area contributed by atoms with E-state index in [1.807, 2.05) is 20.8 Å². The summed E-state index contributed by atoms with van der Waals surface area (Å²) in [6, 6.07) is 6.66. The standard InChI is InChI=1S/C18H25NO6/c1-18(2,3)25-17(21)19-9-10-23-15(11-19)12-24-14-7-5-13(6-8-14)16(20)22-4/h5-8,15H,9-12H2,1-4H3/t15-/m1/s1. The van der Waals surface area contributed by atoms with Gasteiger partial charge < -0.3 is 23.8 Å². The number of nitrogens with zero attached hydrogens (tertiary/aromatic N) is 1. The molecule has 0 radical (unpaired) electrons. The van der Waals surface area contributed by atoms with Crippen LogP contribution in [-0.4, -0.2) is 62.1 Å². The number of benzene rings is 1. The first kappa shape index (κ1) is 19.1. The van der Waals surface area contributed by atoms with Gasteiger partial charge in [0, 0.05) is 6.54 Å². The first-order valence-corrected chi connectivity index (χ1v) is 8.19. The van der Waals surface area contributed by atoms with E-state index >= 15 is 0 Å². The number of rotatable bonds is 4. The largest absolute Gasteiger partial charge is 0.491 e. The molecule has 0 spiro atoms. The Bertz CT molecular complexity index is 593. The van der Waals surface area contributed by atoms with Crippen LogP contribution in [0.3, 0.4) is 0 Å². The van der Waals surface area contributed by atoms with Crippen LogP contribution in [0.5, 0.6) is 5.75 Å². The second-order valence-electron chi connectivity index (χ2n) is 6.75. The van der Waals surface area contributed by atoms with E-state index in [1.54, 1.807) is 29.2 Å². The average Bonchev–Trinajstić information content (AvgIpc) is 2.58. The Morgan fingerprint density at radius 2 is 1.92 bits per heavy atom. The first-order valence-electron chi connectivity index (χ1n) is 8.19. The van der Waals surface area contributed by atoms with Gasteiger partial charge >= 0.3 is 12.1 Å². The number of amides is 1. The van der Waals surface area contributed by atoms with Crippen LogP contribution in [0.2, 0.25) is 0 Å². The van der Waals surface area contributed by atoms with Crippen molar-refractivity contribution in [2.75, 3.05) is 33.4 Å². The molecule has 1 aromatic carbocycles. The van der Waals surface area contributed by atoms with Crippen LogP contribution >= 0.6 is 0 Å². The van der Waals surface area contributed by atoms with Crippen molar-refractivity contribution < 1.29 is 28.5 Å². The molecular formula is C18H25NO6. The highest BCUT2D eigenvalue weighted by molar-refractivity contribution is 5.89. The van der Waals surface area contributed by atoms with Crippen molar-refractivity contribution in [3.63, 3.8) is 0 Å². The summed E-state index contributed by atoms with van der Waals surface area (Å²) in [4.78, 5) is 25.2. The number of hydrogen-bond acceptors (Lipinski definition) is 6. The van der Waals surface area contributed by atoms with Crippen LogP contribution < -0.4 is 4.74 Å². The first-order chi connectivity index (χ1) is 11.8. The summed E-state index contributed by atoms with van der Waals surface area (Å²) in [5, 5.41) is 0. The van der Waals surface area contributed by atoms with Crippen LogP contribution in [0, 0.1) is 0 Å². The molecule has 138 valence electrons. The smallest absolute Gasteiger partial charge is 0.410 e. The van der Waals surface area contributed by atoms with Crippen LogP contribution in [-0.2, 0) is 14.2 Å². The minimum Gasteiger partial charge on any atom is -0.491 e. The summed E-state index contributed by atoms with van der Waals surface area (Å²) in [5.41, 5.74) is -0.0668. The lowest BCUT2D eigenvalue weighted by Crippen LogP contribution is -2.49. The Balaban J connectivity index is 1.84. The molecule has 7 heteroatoms. The third-order valence-electron chi connectivity index (χ3n) is 3.50. The Hall–Kier alpha value is -2.28. The lowest BCUT2D eigenvalue weighted by atomic mass is 10.2. The molecule has 1 heterocycles. The second-order valence-corrected chi connectivity index (χ2v) is 6.75. The summed E-state index contributed by atoms with van der Waals surface area (Å²) < 4.78 is 21.4. The SMILES string of the molecule is COC(=O)c1ccc(OC[C@H]2CN(C(=O)OC(C)(C)C)CCO2)cc1. The van der Waals surface area contributed by atoms with Gasteiger partial charge in [-0.25, -0.2) is 9.59 Å². The summed E-state index contributed by atoms with van der Waals surface area (Å²) in [6.45, 7) is 7.16. The molecule has 1 atom stereocenters. The monoisotopic (exact) mass is 351 g/mol. The van der Waals surface area contributed by atoms with E-state index in [2.05, 4.69) is 4.74 Å². The summed E-state index contributed by atoms with van der Waals surface area (Å²) >= 11 is 0. The van der Waals surface area contributed by atoms with E-state index in [4.69, 9.17) is 14.2 Å². The van der Waals surface area contributed by atoms with Crippen LogP contribution in [0.15, 0.2) is 24.3 Å². The van der Waals surface area contributed by atoms with Crippen LogP contribution in [0.4, 0.5) is 4.79 Å². The minimum atomic E-state index is -0.525. The van der Waals surface area contributed by atoms with Gasteiger partial charge in [0.1, 0.15) is 24.1 Å². The number of carbonyl (C=O) groups is 2. The van der Waals surface area contributed by atoms with Crippen molar-refractivity contribution in [2.24, 2.45) is 0 Å². The minimum absolute atomic E-state index is 0.235. The van der Waals surface area contributed by atoms with Crippen molar-refractivity contribution >= 4 is 12.1 Å². The van der Waals surface area contributed by atoms with Crippen molar-refractivity contribution in [3.8, 4) is 5.75 Å². The Labute approximate surface area is 147 Å². The molecule has 0 aromatic heterocycles. The zero-order valence-corrected chi connectivity index (χ0v) is 15.1. The molecule has 1 amide bonds. The maximum atomic E-state index is 12.1. The van der Waals surface area contributed by atoms with Crippen molar-refractivity contribution in [2.45, 2.75) is 32.5 Å². The number of ether oxygens (including phenoxy) is 4.